The highest BCUT2D eigenvalue weighted by Crippen LogP contribution is 2.47. The Kier molecular flexibility index (Phi) is 6.22. The van der Waals surface area contributed by atoms with Gasteiger partial charge in [-0.2, -0.15) is 5.26 Å². The highest BCUT2D eigenvalue weighted by Gasteiger charge is 2.46. The lowest BCUT2D eigenvalue weighted by molar-refractivity contribution is 0.0426. The molecule has 2 N–H and O–H groups in total. The summed E-state index contributed by atoms with van der Waals surface area (Å²) in [7, 11) is 3.15. The minimum absolute atomic E-state index is 0.0378. The van der Waals surface area contributed by atoms with Gasteiger partial charge >= 0.3 is 0 Å². The fraction of sp³-hybridized carbons (Fsp3) is 0.423. The van der Waals surface area contributed by atoms with Gasteiger partial charge in [-0.3, -0.25) is 4.99 Å². The monoisotopic (exact) mass is 448 g/mol. The molecule has 7 heteroatoms. The van der Waals surface area contributed by atoms with Crippen LogP contribution in [0.5, 0.6) is 5.75 Å². The molecule has 1 heterocycles. The second kappa shape index (κ2) is 8.95. The van der Waals surface area contributed by atoms with Crippen LogP contribution in [0.2, 0.25) is 0 Å². The lowest BCUT2D eigenvalue weighted by Gasteiger charge is -2.38. The van der Waals surface area contributed by atoms with Crippen molar-refractivity contribution >= 4 is 11.5 Å². The lowest BCUT2D eigenvalue weighted by atomic mass is 9.74. The Morgan fingerprint density at radius 1 is 1.06 bits per heavy atom. The number of rotatable bonds is 5. The number of nitrogens with two attached hydrogens (primary N) is 1. The third-order valence-corrected chi connectivity index (χ3v) is 6.92. The van der Waals surface area contributed by atoms with E-state index in [4.69, 9.17) is 25.2 Å². The normalized spacial score (nSPS) is 24.7. The summed E-state index contributed by atoms with van der Waals surface area (Å²) >= 11 is 0. The quantitative estimate of drug-likeness (QED) is 0.706. The van der Waals surface area contributed by atoms with E-state index in [0.29, 0.717) is 11.4 Å². The van der Waals surface area contributed by atoms with Crippen molar-refractivity contribution in [1.82, 2.24) is 0 Å². The predicted molar refractivity (Wildman–Crippen MR) is 127 cm³/mol. The number of nitriles is 1. The first-order valence-electron chi connectivity index (χ1n) is 11.2. The standard InChI is InChI=1S/C26H29FN4O2/c1-15-5-6-17(18-11-19(14-28)24(27)23(13-18)33-4)12-22(15)26(30-16(2)25(29)31-26)20-7-9-21(32-3)10-8-20/h5-6,11-13,20-21H,7-10H2,1-4H3,(H2,29,31). The average Bonchev–Trinajstić information content (AvgIpc) is 3.14. The molecule has 1 aliphatic carbocycles. The van der Waals surface area contributed by atoms with E-state index in [9.17, 15) is 9.65 Å². The number of halogens is 1. The van der Waals surface area contributed by atoms with Crippen LogP contribution in [0, 0.1) is 30.0 Å². The van der Waals surface area contributed by atoms with E-state index in [0.717, 1.165) is 48.1 Å². The first kappa shape index (κ1) is 22.9. The van der Waals surface area contributed by atoms with Crippen molar-refractivity contribution in [2.75, 3.05) is 14.2 Å². The highest BCUT2D eigenvalue weighted by molar-refractivity contribution is 6.41. The molecule has 2 aromatic carbocycles. The fourth-order valence-corrected chi connectivity index (χ4v) is 5.02. The number of ether oxygens (including phenoxy) is 2. The van der Waals surface area contributed by atoms with Crippen LogP contribution in [0.25, 0.3) is 11.1 Å². The van der Waals surface area contributed by atoms with E-state index < -0.39 is 11.5 Å². The molecular formula is C26H29FN4O2. The Morgan fingerprint density at radius 3 is 2.36 bits per heavy atom. The van der Waals surface area contributed by atoms with E-state index in [2.05, 4.69) is 0 Å². The number of nitrogens with zero attached hydrogens (tertiary/aromatic N) is 3. The molecule has 1 unspecified atom stereocenters. The Labute approximate surface area is 194 Å². The number of aryl methyl sites for hydroxylation is 1. The zero-order valence-corrected chi connectivity index (χ0v) is 19.5. The number of hydrogen-bond acceptors (Lipinski definition) is 6. The smallest absolute Gasteiger partial charge is 0.182 e. The van der Waals surface area contributed by atoms with E-state index in [1.54, 1.807) is 19.2 Å². The van der Waals surface area contributed by atoms with Crippen LogP contribution in [0.3, 0.4) is 0 Å². The van der Waals surface area contributed by atoms with Gasteiger partial charge in [-0.15, -0.1) is 0 Å². The van der Waals surface area contributed by atoms with Crippen molar-refractivity contribution in [3.63, 3.8) is 0 Å². The first-order chi connectivity index (χ1) is 15.8. The van der Waals surface area contributed by atoms with Crippen LogP contribution in [-0.4, -0.2) is 31.9 Å². The number of methoxy groups -OCH3 is 2. The number of aliphatic imine (C=N–C) groups is 2. The van der Waals surface area contributed by atoms with Gasteiger partial charge < -0.3 is 15.2 Å². The van der Waals surface area contributed by atoms with Gasteiger partial charge in [0.25, 0.3) is 0 Å². The Hall–Kier alpha value is -3.24. The summed E-state index contributed by atoms with van der Waals surface area (Å²) in [5.41, 5.74) is 9.69. The molecule has 0 spiro atoms. The minimum atomic E-state index is -0.796. The third kappa shape index (κ3) is 4.00. The van der Waals surface area contributed by atoms with Crippen molar-refractivity contribution < 1.29 is 13.9 Å². The van der Waals surface area contributed by atoms with Gasteiger partial charge in [0.05, 0.1) is 24.5 Å². The maximum absolute atomic E-state index is 14.4. The van der Waals surface area contributed by atoms with Crippen LogP contribution in [0.1, 0.15) is 49.3 Å². The molecular weight excluding hydrogens is 419 g/mol. The first-order valence-corrected chi connectivity index (χ1v) is 11.2. The molecule has 1 fully saturated rings. The number of hydrogen-bond donors (Lipinski definition) is 1. The molecule has 172 valence electrons. The predicted octanol–water partition coefficient (Wildman–Crippen LogP) is 4.87. The van der Waals surface area contributed by atoms with E-state index >= 15 is 0 Å². The molecule has 2 aliphatic rings. The summed E-state index contributed by atoms with van der Waals surface area (Å²) in [6, 6.07) is 11.1. The summed E-state index contributed by atoms with van der Waals surface area (Å²) in [5, 5.41) is 9.39. The van der Waals surface area contributed by atoms with Crippen LogP contribution >= 0.6 is 0 Å². The van der Waals surface area contributed by atoms with Gasteiger partial charge in [-0.25, -0.2) is 9.38 Å². The van der Waals surface area contributed by atoms with Gasteiger partial charge in [-0.05, 0) is 74.4 Å². The van der Waals surface area contributed by atoms with Gasteiger partial charge in [0, 0.05) is 18.6 Å². The molecule has 33 heavy (non-hydrogen) atoms. The van der Waals surface area contributed by atoms with Crippen molar-refractivity contribution in [3.8, 4) is 22.9 Å². The third-order valence-electron chi connectivity index (χ3n) is 6.92. The number of amidine groups is 1. The summed E-state index contributed by atoms with van der Waals surface area (Å²) < 4.78 is 25.1. The van der Waals surface area contributed by atoms with Crippen molar-refractivity contribution in [2.45, 2.75) is 51.3 Å². The Bertz CT molecular complexity index is 1160. The zero-order valence-electron chi connectivity index (χ0n) is 19.5. The summed E-state index contributed by atoms with van der Waals surface area (Å²) in [6.45, 7) is 3.94. The van der Waals surface area contributed by atoms with Crippen LogP contribution in [0.15, 0.2) is 40.3 Å². The van der Waals surface area contributed by atoms with Crippen molar-refractivity contribution in [3.05, 3.63) is 52.8 Å². The molecule has 0 aromatic heterocycles. The second-order valence-electron chi connectivity index (χ2n) is 8.81. The molecule has 0 saturated heterocycles. The maximum atomic E-state index is 14.4. The van der Waals surface area contributed by atoms with E-state index in [-0.39, 0.29) is 23.3 Å². The molecule has 1 aliphatic heterocycles. The topological polar surface area (TPSA) is 93.0 Å². The second-order valence-corrected chi connectivity index (χ2v) is 8.81. The maximum Gasteiger partial charge on any atom is 0.182 e. The summed E-state index contributed by atoms with van der Waals surface area (Å²) in [4.78, 5) is 9.97. The molecule has 6 nitrogen and oxygen atoms in total. The van der Waals surface area contributed by atoms with E-state index in [1.165, 1.54) is 7.11 Å². The SMILES string of the molecule is COc1cc(-c2ccc(C)c(C3(C4CCC(OC)CC4)N=C(C)C(N)=N3)c2)cc(C#N)c1F. The largest absolute Gasteiger partial charge is 0.494 e. The zero-order chi connectivity index (χ0) is 23.8. The fourth-order valence-electron chi connectivity index (χ4n) is 5.02. The molecule has 0 bridgehead atoms. The average molecular weight is 449 g/mol. The molecule has 1 atom stereocenters. The van der Waals surface area contributed by atoms with Gasteiger partial charge in [0.1, 0.15) is 11.9 Å². The van der Waals surface area contributed by atoms with Crippen LogP contribution in [0.4, 0.5) is 4.39 Å². The molecule has 4 rings (SSSR count). The van der Waals surface area contributed by atoms with E-state index in [1.807, 2.05) is 38.1 Å². The lowest BCUT2D eigenvalue weighted by Crippen LogP contribution is -2.36. The van der Waals surface area contributed by atoms with Gasteiger partial charge in [-0.1, -0.05) is 12.1 Å². The van der Waals surface area contributed by atoms with Crippen LogP contribution in [-0.2, 0) is 10.4 Å². The molecule has 0 radical (unpaired) electrons. The number of benzene rings is 2. The molecule has 0 amide bonds. The minimum Gasteiger partial charge on any atom is -0.494 e. The Morgan fingerprint density at radius 2 is 1.79 bits per heavy atom. The van der Waals surface area contributed by atoms with Gasteiger partial charge in [0.15, 0.2) is 17.2 Å². The van der Waals surface area contributed by atoms with Crippen molar-refractivity contribution in [2.24, 2.45) is 21.6 Å². The van der Waals surface area contributed by atoms with Gasteiger partial charge in [0.2, 0.25) is 0 Å². The summed E-state index contributed by atoms with van der Waals surface area (Å²) in [5.74, 6) is 0.0294. The highest BCUT2D eigenvalue weighted by atomic mass is 19.1. The molecule has 2 aromatic rings. The van der Waals surface area contributed by atoms with Crippen molar-refractivity contribution in [1.29, 1.82) is 5.26 Å². The summed E-state index contributed by atoms with van der Waals surface area (Å²) in [6.07, 6.45) is 4.02. The van der Waals surface area contributed by atoms with Crippen LogP contribution < -0.4 is 10.5 Å². The Balaban J connectivity index is 1.85. The molecule has 1 saturated carbocycles.